The van der Waals surface area contributed by atoms with Crippen molar-refractivity contribution < 1.29 is 0 Å². The lowest BCUT2D eigenvalue weighted by Crippen LogP contribution is -2.02. The molecule has 2 rings (SSSR count). The van der Waals surface area contributed by atoms with Gasteiger partial charge in [-0.15, -0.1) is 0 Å². The van der Waals surface area contributed by atoms with Crippen LogP contribution in [0.1, 0.15) is 12.8 Å². The Morgan fingerprint density at radius 2 is 2.45 bits per heavy atom. The second-order valence-electron chi connectivity index (χ2n) is 3.00. The normalized spacial score (nSPS) is 16.8. The third-order valence-electron chi connectivity index (χ3n) is 1.85. The summed E-state index contributed by atoms with van der Waals surface area (Å²) in [5.41, 5.74) is 5.60. The summed E-state index contributed by atoms with van der Waals surface area (Å²) >= 11 is 0. The summed E-state index contributed by atoms with van der Waals surface area (Å²) in [6, 6.07) is 2.50. The van der Waals surface area contributed by atoms with Gasteiger partial charge in [-0.25, -0.2) is 0 Å². The maximum absolute atomic E-state index is 5.60. The number of nitrogens with one attached hydrogen (secondary N) is 1. The molecule has 0 radical (unpaired) electrons. The van der Waals surface area contributed by atoms with E-state index < -0.39 is 0 Å². The van der Waals surface area contributed by atoms with Gasteiger partial charge in [0.1, 0.15) is 11.6 Å². The number of nitrogens with zero attached hydrogens (tertiary/aromatic N) is 2. The average molecular weight is 152 g/mol. The quantitative estimate of drug-likeness (QED) is 0.651. The first-order valence-electron chi connectivity index (χ1n) is 3.82. The maximum atomic E-state index is 5.60. The van der Waals surface area contributed by atoms with E-state index in [4.69, 9.17) is 5.73 Å². The number of hydrogen-bond acceptors (Lipinski definition) is 3. The fourth-order valence-electron chi connectivity index (χ4n) is 0.989. The molecular weight excluding hydrogens is 140 g/mol. The largest absolute Gasteiger partial charge is 0.384 e. The molecule has 1 aromatic heterocycles. The van der Waals surface area contributed by atoms with Crippen LogP contribution in [-0.2, 0) is 7.05 Å². The molecule has 60 valence electrons. The van der Waals surface area contributed by atoms with Crippen LogP contribution in [0.15, 0.2) is 6.07 Å². The third-order valence-corrected chi connectivity index (χ3v) is 1.85. The molecule has 4 heteroatoms. The van der Waals surface area contributed by atoms with Crippen molar-refractivity contribution in [3.8, 4) is 0 Å². The Hall–Kier alpha value is -1.19. The molecule has 11 heavy (non-hydrogen) atoms. The first kappa shape index (κ1) is 6.52. The minimum Gasteiger partial charge on any atom is -0.384 e. The molecule has 1 fully saturated rings. The van der Waals surface area contributed by atoms with E-state index >= 15 is 0 Å². The van der Waals surface area contributed by atoms with Gasteiger partial charge < -0.3 is 11.1 Å². The number of aromatic nitrogens is 2. The van der Waals surface area contributed by atoms with E-state index in [9.17, 15) is 0 Å². The number of nitrogens with two attached hydrogens (primary N) is 1. The standard InChI is InChI=1S/C7H12N4/c1-11-6(8)4-7(10-11)9-5-2-3-5/h4-5H,2-3,8H2,1H3,(H,9,10). The zero-order valence-electron chi connectivity index (χ0n) is 6.54. The topological polar surface area (TPSA) is 55.9 Å². The molecule has 1 aromatic rings. The van der Waals surface area contributed by atoms with Gasteiger partial charge in [0.05, 0.1) is 0 Å². The van der Waals surface area contributed by atoms with Crippen LogP contribution in [0.2, 0.25) is 0 Å². The lowest BCUT2D eigenvalue weighted by molar-refractivity contribution is 0.779. The molecule has 0 spiro atoms. The van der Waals surface area contributed by atoms with E-state index in [1.807, 2.05) is 13.1 Å². The predicted octanol–water partition coefficient (Wildman–Crippen LogP) is 0.577. The Morgan fingerprint density at radius 3 is 2.91 bits per heavy atom. The molecule has 0 bridgehead atoms. The summed E-state index contributed by atoms with van der Waals surface area (Å²) in [6.45, 7) is 0. The molecule has 0 aliphatic heterocycles. The van der Waals surface area contributed by atoms with Gasteiger partial charge in [0.25, 0.3) is 0 Å². The van der Waals surface area contributed by atoms with E-state index in [2.05, 4.69) is 10.4 Å². The molecule has 0 unspecified atom stereocenters. The minimum absolute atomic E-state index is 0.643. The Bertz CT molecular complexity index is 242. The second kappa shape index (κ2) is 2.15. The summed E-state index contributed by atoms with van der Waals surface area (Å²) < 4.78 is 1.67. The van der Waals surface area contributed by atoms with Crippen molar-refractivity contribution in [1.82, 2.24) is 9.78 Å². The van der Waals surface area contributed by atoms with E-state index in [0.717, 1.165) is 5.82 Å². The SMILES string of the molecule is Cn1nc(NC2CC2)cc1N. The molecular formula is C7H12N4. The molecule has 0 amide bonds. The van der Waals surface area contributed by atoms with Crippen LogP contribution in [0.25, 0.3) is 0 Å². The lowest BCUT2D eigenvalue weighted by Gasteiger charge is -1.95. The minimum atomic E-state index is 0.643. The van der Waals surface area contributed by atoms with Gasteiger partial charge in [-0.3, -0.25) is 4.68 Å². The highest BCUT2D eigenvalue weighted by molar-refractivity contribution is 5.46. The average Bonchev–Trinajstić information content (AvgIpc) is 2.65. The summed E-state index contributed by atoms with van der Waals surface area (Å²) in [4.78, 5) is 0. The number of nitrogen functional groups attached to an aromatic ring is 1. The zero-order valence-corrected chi connectivity index (χ0v) is 6.54. The van der Waals surface area contributed by atoms with Crippen molar-refractivity contribution >= 4 is 11.6 Å². The van der Waals surface area contributed by atoms with E-state index in [-0.39, 0.29) is 0 Å². The highest BCUT2D eigenvalue weighted by Crippen LogP contribution is 2.24. The molecule has 1 heterocycles. The van der Waals surface area contributed by atoms with Crippen molar-refractivity contribution in [2.75, 3.05) is 11.1 Å². The first-order chi connectivity index (χ1) is 5.25. The van der Waals surface area contributed by atoms with Gasteiger partial charge >= 0.3 is 0 Å². The Kier molecular flexibility index (Phi) is 1.27. The smallest absolute Gasteiger partial charge is 0.150 e. The van der Waals surface area contributed by atoms with Crippen LogP contribution < -0.4 is 11.1 Å². The lowest BCUT2D eigenvalue weighted by atomic mass is 10.5. The van der Waals surface area contributed by atoms with Crippen LogP contribution in [0.5, 0.6) is 0 Å². The number of hydrogen-bond donors (Lipinski definition) is 2. The highest BCUT2D eigenvalue weighted by atomic mass is 15.3. The number of anilines is 2. The zero-order chi connectivity index (χ0) is 7.84. The molecule has 1 aliphatic carbocycles. The Morgan fingerprint density at radius 1 is 1.73 bits per heavy atom. The molecule has 4 nitrogen and oxygen atoms in total. The van der Waals surface area contributed by atoms with Gasteiger partial charge in [0.2, 0.25) is 0 Å². The van der Waals surface area contributed by atoms with Crippen molar-refractivity contribution in [2.45, 2.75) is 18.9 Å². The fraction of sp³-hybridized carbons (Fsp3) is 0.571. The van der Waals surface area contributed by atoms with Crippen LogP contribution in [0.3, 0.4) is 0 Å². The molecule has 0 aromatic carbocycles. The third kappa shape index (κ3) is 1.29. The number of rotatable bonds is 2. The van der Waals surface area contributed by atoms with Crippen LogP contribution in [0, 0.1) is 0 Å². The molecule has 1 aliphatic rings. The van der Waals surface area contributed by atoms with Crippen LogP contribution in [0.4, 0.5) is 11.6 Å². The fourth-order valence-corrected chi connectivity index (χ4v) is 0.989. The van der Waals surface area contributed by atoms with Crippen LogP contribution in [-0.4, -0.2) is 15.8 Å². The Labute approximate surface area is 65.4 Å². The van der Waals surface area contributed by atoms with Crippen molar-refractivity contribution in [2.24, 2.45) is 7.05 Å². The Balaban J connectivity index is 2.11. The molecule has 0 atom stereocenters. The number of aryl methyl sites for hydroxylation is 1. The highest BCUT2D eigenvalue weighted by Gasteiger charge is 2.21. The monoisotopic (exact) mass is 152 g/mol. The van der Waals surface area contributed by atoms with Gasteiger partial charge in [0.15, 0.2) is 0 Å². The summed E-state index contributed by atoms with van der Waals surface area (Å²) in [6.07, 6.45) is 2.52. The summed E-state index contributed by atoms with van der Waals surface area (Å²) in [5, 5.41) is 7.44. The van der Waals surface area contributed by atoms with Crippen molar-refractivity contribution in [3.05, 3.63) is 6.07 Å². The maximum Gasteiger partial charge on any atom is 0.150 e. The van der Waals surface area contributed by atoms with Crippen molar-refractivity contribution in [3.63, 3.8) is 0 Å². The van der Waals surface area contributed by atoms with Gasteiger partial charge in [-0.1, -0.05) is 0 Å². The summed E-state index contributed by atoms with van der Waals surface area (Å²) in [7, 11) is 1.84. The van der Waals surface area contributed by atoms with E-state index in [1.165, 1.54) is 12.8 Å². The molecule has 0 saturated heterocycles. The van der Waals surface area contributed by atoms with Gasteiger partial charge in [-0.05, 0) is 12.8 Å². The molecule has 3 N–H and O–H groups in total. The first-order valence-corrected chi connectivity index (χ1v) is 3.82. The second-order valence-corrected chi connectivity index (χ2v) is 3.00. The van der Waals surface area contributed by atoms with E-state index in [0.29, 0.717) is 11.9 Å². The van der Waals surface area contributed by atoms with Crippen molar-refractivity contribution in [1.29, 1.82) is 0 Å². The van der Waals surface area contributed by atoms with Gasteiger partial charge in [-0.2, -0.15) is 5.10 Å². The van der Waals surface area contributed by atoms with E-state index in [1.54, 1.807) is 4.68 Å². The predicted molar refractivity (Wildman–Crippen MR) is 44.3 cm³/mol. The van der Waals surface area contributed by atoms with Crippen LogP contribution >= 0.6 is 0 Å². The molecule has 1 saturated carbocycles. The summed E-state index contributed by atoms with van der Waals surface area (Å²) in [5.74, 6) is 1.60. The van der Waals surface area contributed by atoms with Gasteiger partial charge in [0, 0.05) is 19.2 Å².